The van der Waals surface area contributed by atoms with Crippen LogP contribution in [0.2, 0.25) is 0 Å². The Morgan fingerprint density at radius 1 is 1.00 bits per heavy atom. The molecule has 2 heterocycles. The fourth-order valence-corrected chi connectivity index (χ4v) is 4.77. The molecular weight excluding hydrogens is 500 g/mol. The van der Waals surface area contributed by atoms with Crippen molar-refractivity contribution in [2.24, 2.45) is 5.92 Å². The predicted molar refractivity (Wildman–Crippen MR) is 147 cm³/mol. The molecule has 0 fully saturated rings. The number of pyridine rings is 1. The Balaban J connectivity index is 1.80. The number of ether oxygens (including phenoxy) is 1. The molecule has 0 bridgehead atoms. The Labute approximate surface area is 227 Å². The fraction of sp³-hybridized carbons (Fsp3) is 0.323. The number of benzene rings is 2. The van der Waals surface area contributed by atoms with Gasteiger partial charge in [0.1, 0.15) is 24.1 Å². The molecule has 4 aromatic rings. The quantitative estimate of drug-likeness (QED) is 0.271. The molecule has 8 heteroatoms. The Hall–Kier alpha value is -3.91. The third-order valence-electron chi connectivity index (χ3n) is 6.60. The van der Waals surface area contributed by atoms with Crippen molar-refractivity contribution in [3.8, 4) is 17.0 Å². The summed E-state index contributed by atoms with van der Waals surface area (Å²) in [5.74, 6) is -1.79. The third kappa shape index (κ3) is 6.40. The summed E-state index contributed by atoms with van der Waals surface area (Å²) in [6, 6.07) is 14.1. The Bertz CT molecular complexity index is 1490. The van der Waals surface area contributed by atoms with E-state index < -0.39 is 23.2 Å². The summed E-state index contributed by atoms with van der Waals surface area (Å²) in [5.41, 5.74) is 3.53. The molecular formula is C31H33F2N3O3. The monoisotopic (exact) mass is 533 g/mol. The molecule has 0 spiro atoms. The van der Waals surface area contributed by atoms with Crippen LogP contribution in [0.1, 0.15) is 61.9 Å². The molecule has 0 saturated heterocycles. The van der Waals surface area contributed by atoms with Gasteiger partial charge in [-0.1, -0.05) is 44.2 Å². The van der Waals surface area contributed by atoms with E-state index in [0.717, 1.165) is 28.5 Å². The molecule has 2 aromatic carbocycles. The summed E-state index contributed by atoms with van der Waals surface area (Å²) in [5, 5.41) is 11.5. The van der Waals surface area contributed by atoms with Gasteiger partial charge in [-0.25, -0.2) is 8.78 Å². The van der Waals surface area contributed by atoms with Gasteiger partial charge >= 0.3 is 0 Å². The van der Waals surface area contributed by atoms with Crippen molar-refractivity contribution in [2.45, 2.75) is 59.8 Å². The molecule has 0 radical (unpaired) electrons. The summed E-state index contributed by atoms with van der Waals surface area (Å²) in [4.78, 5) is 21.8. The maximum atomic E-state index is 14.2. The summed E-state index contributed by atoms with van der Waals surface area (Å²) < 4.78 is 35.7. The smallest absolute Gasteiger partial charge is 0.280 e. The molecule has 39 heavy (non-hydrogen) atoms. The molecule has 0 aliphatic carbocycles. The van der Waals surface area contributed by atoms with Gasteiger partial charge in [0, 0.05) is 29.9 Å². The van der Waals surface area contributed by atoms with Gasteiger partial charge < -0.3 is 9.84 Å². The minimum absolute atomic E-state index is 0.0546. The molecule has 1 N–H and O–H groups in total. The second-order valence-electron chi connectivity index (χ2n) is 10.3. The standard InChI is InChI=1S/C31H33F2N3O3/c1-18(2)29(23-14-24(32)16-25(33)15-23)36-28(17-39-19(3)4)35-30(37)27(31(36)38)13-21-8-10-22(11-9-21)26-7-6-12-34-20(26)5/h6-12,14-16,18-19,29,38H,13,17H2,1-5H3/t29-/m0/s1. The molecule has 0 aliphatic heterocycles. The molecule has 204 valence electrons. The average Bonchev–Trinajstić information content (AvgIpc) is 2.87. The summed E-state index contributed by atoms with van der Waals surface area (Å²) in [6.07, 6.45) is 1.70. The van der Waals surface area contributed by atoms with E-state index in [1.165, 1.54) is 16.7 Å². The van der Waals surface area contributed by atoms with Crippen LogP contribution in [0.5, 0.6) is 5.88 Å². The van der Waals surface area contributed by atoms with Crippen LogP contribution in [0.15, 0.2) is 65.6 Å². The number of nitrogens with zero attached hydrogens (tertiary/aromatic N) is 3. The number of halogens is 2. The number of hydrogen-bond donors (Lipinski definition) is 1. The zero-order chi connectivity index (χ0) is 28.3. The molecule has 0 amide bonds. The number of aromatic nitrogens is 3. The zero-order valence-electron chi connectivity index (χ0n) is 22.8. The highest BCUT2D eigenvalue weighted by molar-refractivity contribution is 5.65. The highest BCUT2D eigenvalue weighted by atomic mass is 19.1. The molecule has 6 nitrogen and oxygen atoms in total. The first kappa shape index (κ1) is 28.1. The van der Waals surface area contributed by atoms with Crippen molar-refractivity contribution < 1.29 is 18.6 Å². The van der Waals surface area contributed by atoms with Crippen LogP contribution in [0.3, 0.4) is 0 Å². The van der Waals surface area contributed by atoms with Gasteiger partial charge in [0.15, 0.2) is 0 Å². The van der Waals surface area contributed by atoms with E-state index in [0.29, 0.717) is 5.56 Å². The number of rotatable bonds is 9. The lowest BCUT2D eigenvalue weighted by molar-refractivity contribution is 0.0567. The Morgan fingerprint density at radius 2 is 1.67 bits per heavy atom. The normalized spacial score (nSPS) is 12.3. The topological polar surface area (TPSA) is 77.2 Å². The van der Waals surface area contributed by atoms with Crippen molar-refractivity contribution in [1.82, 2.24) is 14.5 Å². The molecule has 0 saturated carbocycles. The van der Waals surface area contributed by atoms with Gasteiger partial charge in [0.25, 0.3) is 5.56 Å². The predicted octanol–water partition coefficient (Wildman–Crippen LogP) is 6.36. The van der Waals surface area contributed by atoms with Crippen molar-refractivity contribution in [3.05, 3.63) is 111 Å². The Kier molecular flexibility index (Phi) is 8.55. The van der Waals surface area contributed by atoms with E-state index in [9.17, 15) is 18.7 Å². The second-order valence-corrected chi connectivity index (χ2v) is 10.3. The molecule has 0 unspecified atom stereocenters. The second kappa shape index (κ2) is 11.9. The van der Waals surface area contributed by atoms with Crippen LogP contribution in [-0.4, -0.2) is 25.7 Å². The highest BCUT2D eigenvalue weighted by Crippen LogP contribution is 2.34. The van der Waals surface area contributed by atoms with Gasteiger partial charge in [0.05, 0.1) is 17.7 Å². The lowest BCUT2D eigenvalue weighted by Gasteiger charge is -2.29. The zero-order valence-corrected chi connectivity index (χ0v) is 22.8. The van der Waals surface area contributed by atoms with Crippen LogP contribution in [0.4, 0.5) is 8.78 Å². The minimum Gasteiger partial charge on any atom is -0.494 e. The van der Waals surface area contributed by atoms with E-state index in [1.54, 1.807) is 6.20 Å². The van der Waals surface area contributed by atoms with Crippen LogP contribution in [0, 0.1) is 24.5 Å². The maximum absolute atomic E-state index is 14.2. The van der Waals surface area contributed by atoms with E-state index in [4.69, 9.17) is 4.74 Å². The van der Waals surface area contributed by atoms with Gasteiger partial charge in [-0.3, -0.25) is 14.3 Å². The SMILES string of the molecule is Cc1ncccc1-c1ccc(Cc2c(O)n([C@H](c3cc(F)cc(F)c3)C(C)C)c(COC(C)C)nc2=O)cc1. The minimum atomic E-state index is -0.728. The molecule has 1 atom stereocenters. The van der Waals surface area contributed by atoms with Crippen LogP contribution in [0.25, 0.3) is 11.1 Å². The lowest BCUT2D eigenvalue weighted by Crippen LogP contribution is -2.29. The maximum Gasteiger partial charge on any atom is 0.280 e. The lowest BCUT2D eigenvalue weighted by atomic mass is 9.94. The van der Waals surface area contributed by atoms with E-state index in [2.05, 4.69) is 9.97 Å². The van der Waals surface area contributed by atoms with Gasteiger partial charge in [-0.15, -0.1) is 0 Å². The van der Waals surface area contributed by atoms with Gasteiger partial charge in [-0.2, -0.15) is 4.98 Å². The first-order chi connectivity index (χ1) is 18.5. The highest BCUT2D eigenvalue weighted by Gasteiger charge is 2.27. The number of aryl methyl sites for hydroxylation is 1. The van der Waals surface area contributed by atoms with Crippen molar-refractivity contribution in [2.75, 3.05) is 0 Å². The van der Waals surface area contributed by atoms with Crippen LogP contribution < -0.4 is 5.56 Å². The largest absolute Gasteiger partial charge is 0.494 e. The number of aromatic hydroxyl groups is 1. The fourth-order valence-electron chi connectivity index (χ4n) is 4.77. The first-order valence-electron chi connectivity index (χ1n) is 13.0. The average molecular weight is 534 g/mol. The van der Waals surface area contributed by atoms with Crippen molar-refractivity contribution in [3.63, 3.8) is 0 Å². The van der Waals surface area contributed by atoms with E-state index in [-0.39, 0.29) is 42.3 Å². The summed E-state index contributed by atoms with van der Waals surface area (Å²) >= 11 is 0. The van der Waals surface area contributed by atoms with E-state index >= 15 is 0 Å². The summed E-state index contributed by atoms with van der Waals surface area (Å²) in [7, 11) is 0. The third-order valence-corrected chi connectivity index (χ3v) is 6.60. The van der Waals surface area contributed by atoms with Gasteiger partial charge in [-0.05, 0) is 61.6 Å². The van der Waals surface area contributed by atoms with E-state index in [1.807, 2.05) is 71.0 Å². The van der Waals surface area contributed by atoms with Crippen molar-refractivity contribution >= 4 is 0 Å². The molecule has 0 aliphatic rings. The molecule has 4 rings (SSSR count). The molecule has 2 aromatic heterocycles. The summed E-state index contributed by atoms with van der Waals surface area (Å²) in [6.45, 7) is 9.31. The first-order valence-corrected chi connectivity index (χ1v) is 13.0. The van der Waals surface area contributed by atoms with Crippen molar-refractivity contribution in [1.29, 1.82) is 0 Å². The number of hydrogen-bond acceptors (Lipinski definition) is 5. The van der Waals surface area contributed by atoms with Crippen LogP contribution >= 0.6 is 0 Å². The Morgan fingerprint density at radius 3 is 2.26 bits per heavy atom. The van der Waals surface area contributed by atoms with Crippen LogP contribution in [-0.2, 0) is 17.8 Å². The van der Waals surface area contributed by atoms with Gasteiger partial charge in [0.2, 0.25) is 5.88 Å².